The topological polar surface area (TPSA) is 64.4 Å². The molecule has 0 fully saturated rings. The average Bonchev–Trinajstić information content (AvgIpc) is 2.50. The maximum atomic E-state index is 11.8. The maximum Gasteiger partial charge on any atom is 0.237 e. The molecule has 0 aliphatic heterocycles. The Kier molecular flexibility index (Phi) is 7.83. The number of ether oxygens (including phenoxy) is 1. The van der Waals surface area contributed by atoms with Crippen molar-refractivity contribution in [1.29, 1.82) is 0 Å². The van der Waals surface area contributed by atoms with Crippen LogP contribution in [0.5, 0.6) is 5.75 Å². The summed E-state index contributed by atoms with van der Waals surface area (Å²) in [5, 5.41) is 2.88. The number of carbonyl (C=O) groups excluding carboxylic acids is 1. The molecule has 0 spiro atoms. The molecular weight excluding hydrogens is 264 g/mol. The van der Waals surface area contributed by atoms with Crippen molar-refractivity contribution in [3.05, 3.63) is 29.8 Å². The van der Waals surface area contributed by atoms with Crippen LogP contribution in [0.1, 0.15) is 38.7 Å². The number of unbranched alkanes of at least 4 members (excludes halogenated alkanes) is 1. The van der Waals surface area contributed by atoms with Crippen LogP contribution in [0.3, 0.4) is 0 Å². The minimum atomic E-state index is -0.404. The Morgan fingerprint density at radius 2 is 1.95 bits per heavy atom. The van der Waals surface area contributed by atoms with E-state index in [-0.39, 0.29) is 11.8 Å². The molecule has 0 saturated carbocycles. The average molecular weight is 292 g/mol. The fourth-order valence-electron chi connectivity index (χ4n) is 1.89. The van der Waals surface area contributed by atoms with Gasteiger partial charge in [0.1, 0.15) is 5.75 Å². The summed E-state index contributed by atoms with van der Waals surface area (Å²) in [5.41, 5.74) is 7.09. The first-order valence-corrected chi connectivity index (χ1v) is 7.77. The first-order chi connectivity index (χ1) is 10.0. The van der Waals surface area contributed by atoms with Gasteiger partial charge in [0.05, 0.1) is 12.6 Å². The highest BCUT2D eigenvalue weighted by Crippen LogP contribution is 2.11. The number of aryl methyl sites for hydroxylation is 1. The van der Waals surface area contributed by atoms with Gasteiger partial charge in [-0.2, -0.15) is 0 Å². The minimum Gasteiger partial charge on any atom is -0.494 e. The Hall–Kier alpha value is -1.55. The molecule has 0 radical (unpaired) electrons. The van der Waals surface area contributed by atoms with Gasteiger partial charge in [-0.3, -0.25) is 4.79 Å². The predicted molar refractivity (Wildman–Crippen MR) is 86.3 cm³/mol. The van der Waals surface area contributed by atoms with Gasteiger partial charge in [-0.25, -0.2) is 0 Å². The second kappa shape index (κ2) is 9.40. The molecule has 0 bridgehead atoms. The van der Waals surface area contributed by atoms with Crippen LogP contribution in [0.4, 0.5) is 0 Å². The Bertz CT molecular complexity index is 417. The third-order valence-electron chi connectivity index (χ3n) is 3.72. The van der Waals surface area contributed by atoms with E-state index < -0.39 is 6.04 Å². The second-order valence-corrected chi connectivity index (χ2v) is 5.57. The van der Waals surface area contributed by atoms with Crippen molar-refractivity contribution in [2.45, 2.75) is 46.1 Å². The smallest absolute Gasteiger partial charge is 0.237 e. The van der Waals surface area contributed by atoms with E-state index in [4.69, 9.17) is 10.5 Å². The zero-order valence-corrected chi connectivity index (χ0v) is 13.4. The van der Waals surface area contributed by atoms with Gasteiger partial charge in [0.25, 0.3) is 0 Å². The van der Waals surface area contributed by atoms with E-state index in [0.29, 0.717) is 13.2 Å². The van der Waals surface area contributed by atoms with Crippen LogP contribution in [0.2, 0.25) is 0 Å². The summed E-state index contributed by atoms with van der Waals surface area (Å²) < 4.78 is 5.63. The van der Waals surface area contributed by atoms with Crippen LogP contribution in [0, 0.1) is 12.8 Å². The number of hydrogen-bond acceptors (Lipinski definition) is 3. The fraction of sp³-hybridized carbons (Fsp3) is 0.588. The van der Waals surface area contributed by atoms with E-state index in [9.17, 15) is 4.79 Å². The van der Waals surface area contributed by atoms with Crippen LogP contribution in [-0.2, 0) is 4.79 Å². The lowest BCUT2D eigenvalue weighted by atomic mass is 9.99. The summed E-state index contributed by atoms with van der Waals surface area (Å²) in [6, 6.07) is 7.61. The Balaban J connectivity index is 2.09. The summed E-state index contributed by atoms with van der Waals surface area (Å²) in [5.74, 6) is 1.06. The molecule has 0 aliphatic carbocycles. The van der Waals surface area contributed by atoms with Crippen molar-refractivity contribution >= 4 is 5.91 Å². The van der Waals surface area contributed by atoms with Crippen molar-refractivity contribution in [1.82, 2.24) is 5.32 Å². The van der Waals surface area contributed by atoms with Crippen molar-refractivity contribution in [2.75, 3.05) is 13.2 Å². The molecule has 0 aliphatic rings. The quantitative estimate of drug-likeness (QED) is 0.688. The summed E-state index contributed by atoms with van der Waals surface area (Å²) in [6.07, 6.45) is 2.72. The Morgan fingerprint density at radius 1 is 1.29 bits per heavy atom. The highest BCUT2D eigenvalue weighted by atomic mass is 16.5. The van der Waals surface area contributed by atoms with Crippen molar-refractivity contribution in [3.63, 3.8) is 0 Å². The number of hydrogen-bond donors (Lipinski definition) is 2. The minimum absolute atomic E-state index is 0.0520. The first kappa shape index (κ1) is 17.5. The molecule has 1 aromatic carbocycles. The molecule has 118 valence electrons. The molecular formula is C17H28N2O2. The van der Waals surface area contributed by atoms with E-state index in [1.165, 1.54) is 5.56 Å². The maximum absolute atomic E-state index is 11.8. The molecule has 3 N–H and O–H groups in total. The summed E-state index contributed by atoms with van der Waals surface area (Å²) in [6.45, 7) is 7.41. The largest absolute Gasteiger partial charge is 0.494 e. The highest BCUT2D eigenvalue weighted by molar-refractivity contribution is 5.81. The number of amides is 1. The third kappa shape index (κ3) is 6.63. The van der Waals surface area contributed by atoms with E-state index in [1.54, 1.807) is 0 Å². The van der Waals surface area contributed by atoms with Crippen LogP contribution in [-0.4, -0.2) is 25.1 Å². The third-order valence-corrected chi connectivity index (χ3v) is 3.72. The molecule has 4 nitrogen and oxygen atoms in total. The van der Waals surface area contributed by atoms with Crippen molar-refractivity contribution < 1.29 is 9.53 Å². The van der Waals surface area contributed by atoms with Gasteiger partial charge < -0.3 is 15.8 Å². The van der Waals surface area contributed by atoms with E-state index >= 15 is 0 Å². The van der Waals surface area contributed by atoms with E-state index in [1.807, 2.05) is 38.1 Å². The number of carbonyl (C=O) groups is 1. The molecule has 1 rings (SSSR count). The number of benzene rings is 1. The molecule has 2 atom stereocenters. The van der Waals surface area contributed by atoms with Crippen LogP contribution in [0.15, 0.2) is 24.3 Å². The van der Waals surface area contributed by atoms with Gasteiger partial charge in [-0.1, -0.05) is 38.0 Å². The normalized spacial score (nSPS) is 13.5. The molecule has 1 amide bonds. The van der Waals surface area contributed by atoms with Gasteiger partial charge in [-0.15, -0.1) is 0 Å². The van der Waals surface area contributed by atoms with Gasteiger partial charge in [0.15, 0.2) is 0 Å². The lowest BCUT2D eigenvalue weighted by Crippen LogP contribution is -2.44. The number of rotatable bonds is 9. The van der Waals surface area contributed by atoms with Crippen LogP contribution < -0.4 is 15.8 Å². The zero-order chi connectivity index (χ0) is 15.7. The van der Waals surface area contributed by atoms with Crippen LogP contribution >= 0.6 is 0 Å². The Morgan fingerprint density at radius 3 is 2.57 bits per heavy atom. The summed E-state index contributed by atoms with van der Waals surface area (Å²) in [4.78, 5) is 11.8. The molecule has 21 heavy (non-hydrogen) atoms. The van der Waals surface area contributed by atoms with Crippen LogP contribution in [0.25, 0.3) is 0 Å². The molecule has 4 heteroatoms. The lowest BCUT2D eigenvalue weighted by molar-refractivity contribution is -0.123. The van der Waals surface area contributed by atoms with Gasteiger partial charge >= 0.3 is 0 Å². The molecule has 2 unspecified atom stereocenters. The predicted octanol–water partition coefficient (Wildman–Crippen LogP) is 2.64. The summed E-state index contributed by atoms with van der Waals surface area (Å²) in [7, 11) is 0. The molecule has 1 aromatic rings. The number of nitrogens with two attached hydrogens (primary N) is 1. The fourth-order valence-corrected chi connectivity index (χ4v) is 1.89. The van der Waals surface area contributed by atoms with E-state index in [0.717, 1.165) is 25.0 Å². The molecule has 0 heterocycles. The van der Waals surface area contributed by atoms with Gasteiger partial charge in [0.2, 0.25) is 5.91 Å². The summed E-state index contributed by atoms with van der Waals surface area (Å²) >= 11 is 0. The van der Waals surface area contributed by atoms with Crippen molar-refractivity contribution in [2.24, 2.45) is 11.7 Å². The van der Waals surface area contributed by atoms with Crippen molar-refractivity contribution in [3.8, 4) is 5.75 Å². The monoisotopic (exact) mass is 292 g/mol. The molecule has 0 aromatic heterocycles. The number of nitrogens with one attached hydrogen (secondary N) is 1. The van der Waals surface area contributed by atoms with Gasteiger partial charge in [0, 0.05) is 6.54 Å². The lowest BCUT2D eigenvalue weighted by Gasteiger charge is -2.17. The second-order valence-electron chi connectivity index (χ2n) is 5.57. The van der Waals surface area contributed by atoms with E-state index in [2.05, 4.69) is 12.2 Å². The Labute approximate surface area is 128 Å². The zero-order valence-electron chi connectivity index (χ0n) is 13.4. The SMILES string of the molecule is CCC(C)C(N)C(=O)NCCCCOc1ccc(C)cc1. The highest BCUT2D eigenvalue weighted by Gasteiger charge is 2.18. The first-order valence-electron chi connectivity index (χ1n) is 7.77. The standard InChI is InChI=1S/C17H28N2O2/c1-4-14(3)16(18)17(20)19-11-5-6-12-21-15-9-7-13(2)8-10-15/h7-10,14,16H,4-6,11-12,18H2,1-3H3,(H,19,20). The molecule has 0 saturated heterocycles. The van der Waals surface area contributed by atoms with Gasteiger partial charge in [-0.05, 0) is 37.8 Å².